The third-order valence-electron chi connectivity index (χ3n) is 3.13. The van der Waals surface area contributed by atoms with Gasteiger partial charge in [0.25, 0.3) is 0 Å². The van der Waals surface area contributed by atoms with E-state index in [1.165, 1.54) is 5.56 Å². The number of tetrazole rings is 1. The monoisotopic (exact) mass is 291 g/mol. The maximum Gasteiger partial charge on any atom is 0.209 e. The van der Waals surface area contributed by atoms with Crippen LogP contribution in [0.4, 0.5) is 0 Å². The highest BCUT2D eigenvalue weighted by Gasteiger charge is 2.04. The summed E-state index contributed by atoms with van der Waals surface area (Å²) in [6.45, 7) is 4.29. The van der Waals surface area contributed by atoms with E-state index in [0.29, 0.717) is 5.92 Å². The summed E-state index contributed by atoms with van der Waals surface area (Å²) < 4.78 is 1.70. The first-order valence-electron chi connectivity index (χ1n) is 6.88. The number of aromatic nitrogens is 4. The number of nitrogens with one attached hydrogen (secondary N) is 1. The lowest BCUT2D eigenvalue weighted by Crippen LogP contribution is -2.21. The van der Waals surface area contributed by atoms with Crippen molar-refractivity contribution >= 4 is 11.8 Å². The van der Waals surface area contributed by atoms with Gasteiger partial charge < -0.3 is 5.32 Å². The zero-order chi connectivity index (χ0) is 14.2. The fraction of sp³-hybridized carbons (Fsp3) is 0.500. The van der Waals surface area contributed by atoms with E-state index in [4.69, 9.17) is 0 Å². The standard InChI is InChI=1S/C14H21N5S/c1-12(13-7-4-3-5-8-13)11-15-9-6-10-20-14-16-17-18-19(14)2/h3-5,7-8,12,15H,6,9-11H2,1-2H3. The third-order valence-corrected chi connectivity index (χ3v) is 4.23. The van der Waals surface area contributed by atoms with E-state index in [2.05, 4.69) is 58.1 Å². The van der Waals surface area contributed by atoms with Crippen molar-refractivity contribution in [3.63, 3.8) is 0 Å². The molecular weight excluding hydrogens is 270 g/mol. The molecule has 1 unspecified atom stereocenters. The SMILES string of the molecule is CC(CNCCCSc1nnnn1C)c1ccccc1. The van der Waals surface area contributed by atoms with E-state index in [1.807, 2.05) is 7.05 Å². The molecule has 0 aliphatic heterocycles. The van der Waals surface area contributed by atoms with Crippen LogP contribution in [-0.2, 0) is 7.05 Å². The number of thioether (sulfide) groups is 1. The fourth-order valence-electron chi connectivity index (χ4n) is 1.92. The van der Waals surface area contributed by atoms with Gasteiger partial charge in [-0.05, 0) is 34.9 Å². The van der Waals surface area contributed by atoms with Crippen molar-refractivity contribution in [3.05, 3.63) is 35.9 Å². The first kappa shape index (κ1) is 15.0. The second-order valence-corrected chi connectivity index (χ2v) is 5.87. The van der Waals surface area contributed by atoms with E-state index in [0.717, 1.165) is 30.4 Å². The molecule has 1 heterocycles. The molecule has 20 heavy (non-hydrogen) atoms. The van der Waals surface area contributed by atoms with Crippen LogP contribution in [-0.4, -0.2) is 39.0 Å². The average molecular weight is 291 g/mol. The summed E-state index contributed by atoms with van der Waals surface area (Å²) in [6.07, 6.45) is 1.11. The van der Waals surface area contributed by atoms with Crippen molar-refractivity contribution < 1.29 is 0 Å². The number of nitrogens with zero attached hydrogens (tertiary/aromatic N) is 4. The van der Waals surface area contributed by atoms with Gasteiger partial charge in [0.05, 0.1) is 0 Å². The van der Waals surface area contributed by atoms with Gasteiger partial charge in [-0.2, -0.15) is 0 Å². The lowest BCUT2D eigenvalue weighted by molar-refractivity contribution is 0.610. The molecule has 0 fully saturated rings. The zero-order valence-corrected chi connectivity index (χ0v) is 12.8. The highest BCUT2D eigenvalue weighted by Crippen LogP contribution is 2.14. The summed E-state index contributed by atoms with van der Waals surface area (Å²) in [5.41, 5.74) is 1.39. The molecule has 5 nitrogen and oxygen atoms in total. The molecule has 0 aliphatic rings. The van der Waals surface area contributed by atoms with E-state index in [1.54, 1.807) is 16.4 Å². The molecule has 1 atom stereocenters. The van der Waals surface area contributed by atoms with Crippen LogP contribution in [0, 0.1) is 0 Å². The summed E-state index contributed by atoms with van der Waals surface area (Å²) in [5.74, 6) is 1.58. The second kappa shape index (κ2) is 8.01. The van der Waals surface area contributed by atoms with Crippen LogP contribution in [0.3, 0.4) is 0 Å². The van der Waals surface area contributed by atoms with Gasteiger partial charge in [-0.25, -0.2) is 4.68 Å². The lowest BCUT2D eigenvalue weighted by atomic mass is 10.0. The van der Waals surface area contributed by atoms with Crippen LogP contribution in [0.1, 0.15) is 24.8 Å². The minimum Gasteiger partial charge on any atom is -0.316 e. The van der Waals surface area contributed by atoms with Crippen molar-refractivity contribution in [3.8, 4) is 0 Å². The maximum absolute atomic E-state index is 3.95. The minimum absolute atomic E-state index is 0.548. The van der Waals surface area contributed by atoms with Crippen molar-refractivity contribution in [1.29, 1.82) is 0 Å². The van der Waals surface area contributed by atoms with Crippen LogP contribution in [0.5, 0.6) is 0 Å². The average Bonchev–Trinajstić information content (AvgIpc) is 2.89. The molecule has 0 saturated heterocycles. The van der Waals surface area contributed by atoms with E-state index in [-0.39, 0.29) is 0 Å². The fourth-order valence-corrected chi connectivity index (χ4v) is 2.71. The topological polar surface area (TPSA) is 55.6 Å². The highest BCUT2D eigenvalue weighted by molar-refractivity contribution is 7.99. The van der Waals surface area contributed by atoms with Crippen molar-refractivity contribution in [2.24, 2.45) is 7.05 Å². The molecule has 0 amide bonds. The molecule has 6 heteroatoms. The molecule has 1 aromatic carbocycles. The van der Waals surface area contributed by atoms with Gasteiger partial charge in [0.15, 0.2) is 0 Å². The summed E-state index contributed by atoms with van der Waals surface area (Å²) in [6, 6.07) is 10.6. The van der Waals surface area contributed by atoms with Gasteiger partial charge >= 0.3 is 0 Å². The Kier molecular flexibility index (Phi) is 6.01. The smallest absolute Gasteiger partial charge is 0.209 e. The van der Waals surface area contributed by atoms with Gasteiger partial charge in [0.1, 0.15) is 0 Å². The Hall–Kier alpha value is -1.40. The van der Waals surface area contributed by atoms with Crippen molar-refractivity contribution in [1.82, 2.24) is 25.5 Å². The lowest BCUT2D eigenvalue weighted by Gasteiger charge is -2.12. The normalized spacial score (nSPS) is 12.5. The molecule has 1 N–H and O–H groups in total. The van der Waals surface area contributed by atoms with Gasteiger partial charge in [-0.15, -0.1) is 5.10 Å². The van der Waals surface area contributed by atoms with Crippen molar-refractivity contribution in [2.75, 3.05) is 18.8 Å². The molecule has 0 saturated carbocycles. The Balaban J connectivity index is 1.57. The summed E-state index contributed by atoms with van der Waals surface area (Å²) in [4.78, 5) is 0. The molecule has 0 spiro atoms. The Labute approximate surface area is 124 Å². The van der Waals surface area contributed by atoms with Gasteiger partial charge in [0, 0.05) is 19.3 Å². The third kappa shape index (κ3) is 4.61. The quantitative estimate of drug-likeness (QED) is 0.596. The second-order valence-electron chi connectivity index (χ2n) is 4.80. The van der Waals surface area contributed by atoms with Crippen LogP contribution < -0.4 is 5.32 Å². The molecule has 108 valence electrons. The zero-order valence-electron chi connectivity index (χ0n) is 12.0. The summed E-state index contributed by atoms with van der Waals surface area (Å²) in [5, 5.41) is 15.8. The van der Waals surface area contributed by atoms with Gasteiger partial charge in [-0.3, -0.25) is 0 Å². The predicted octanol–water partition coefficient (Wildman–Crippen LogP) is 2.09. The Morgan fingerprint density at radius 3 is 2.80 bits per heavy atom. The number of rotatable bonds is 8. The Morgan fingerprint density at radius 2 is 2.10 bits per heavy atom. The summed E-state index contributed by atoms with van der Waals surface area (Å²) >= 11 is 1.70. The van der Waals surface area contributed by atoms with Crippen LogP contribution in [0.2, 0.25) is 0 Å². The summed E-state index contributed by atoms with van der Waals surface area (Å²) in [7, 11) is 1.86. The van der Waals surface area contributed by atoms with E-state index in [9.17, 15) is 0 Å². The molecule has 2 aromatic rings. The van der Waals surface area contributed by atoms with Crippen LogP contribution >= 0.6 is 11.8 Å². The number of hydrogen-bond acceptors (Lipinski definition) is 5. The molecule has 2 rings (SSSR count). The van der Waals surface area contributed by atoms with Gasteiger partial charge in [-0.1, -0.05) is 49.0 Å². The Bertz CT molecular complexity index is 499. The maximum atomic E-state index is 3.95. The molecule has 1 aromatic heterocycles. The Morgan fingerprint density at radius 1 is 1.30 bits per heavy atom. The molecular formula is C14H21N5S. The van der Waals surface area contributed by atoms with Gasteiger partial charge in [0.2, 0.25) is 5.16 Å². The van der Waals surface area contributed by atoms with Crippen LogP contribution in [0.25, 0.3) is 0 Å². The highest BCUT2D eigenvalue weighted by atomic mass is 32.2. The molecule has 0 radical (unpaired) electrons. The van der Waals surface area contributed by atoms with Crippen LogP contribution in [0.15, 0.2) is 35.5 Å². The number of benzene rings is 1. The first-order valence-corrected chi connectivity index (χ1v) is 7.86. The minimum atomic E-state index is 0.548. The largest absolute Gasteiger partial charge is 0.316 e. The number of aryl methyl sites for hydroxylation is 1. The van der Waals surface area contributed by atoms with Crippen molar-refractivity contribution in [2.45, 2.75) is 24.4 Å². The predicted molar refractivity (Wildman–Crippen MR) is 81.9 cm³/mol. The molecule has 0 bridgehead atoms. The number of hydrogen-bond donors (Lipinski definition) is 1. The molecule has 0 aliphatic carbocycles. The van der Waals surface area contributed by atoms with E-state index >= 15 is 0 Å². The van der Waals surface area contributed by atoms with E-state index < -0.39 is 0 Å². The first-order chi connectivity index (χ1) is 9.77.